The maximum atomic E-state index is 14.0. The lowest BCUT2D eigenvalue weighted by atomic mass is 10.1. The van der Waals surface area contributed by atoms with Gasteiger partial charge in [-0.2, -0.15) is 0 Å². The van der Waals surface area contributed by atoms with E-state index in [1.54, 1.807) is 49.4 Å². The number of anilines is 1. The number of benzene rings is 3. The van der Waals surface area contributed by atoms with E-state index in [0.717, 1.165) is 4.31 Å². The van der Waals surface area contributed by atoms with E-state index in [4.69, 9.17) is 27.9 Å². The van der Waals surface area contributed by atoms with Crippen molar-refractivity contribution in [2.75, 3.05) is 24.5 Å². The molecule has 8 nitrogen and oxygen atoms in total. The van der Waals surface area contributed by atoms with Crippen LogP contribution < -0.4 is 14.4 Å². The third-order valence-electron chi connectivity index (χ3n) is 6.08. The molecule has 11 heteroatoms. The third kappa shape index (κ3) is 8.13. The van der Waals surface area contributed by atoms with Gasteiger partial charge in [0.25, 0.3) is 10.0 Å². The van der Waals surface area contributed by atoms with E-state index in [9.17, 15) is 18.0 Å². The maximum Gasteiger partial charge on any atom is 0.264 e. The number of ether oxygens (including phenoxy) is 1. The van der Waals surface area contributed by atoms with Crippen molar-refractivity contribution in [1.82, 2.24) is 10.2 Å². The van der Waals surface area contributed by atoms with Gasteiger partial charge in [0.2, 0.25) is 11.8 Å². The largest absolute Gasteiger partial charge is 0.497 e. The number of hydrogen-bond donors (Lipinski definition) is 1. The number of amides is 2. The zero-order valence-corrected chi connectivity index (χ0v) is 25.1. The van der Waals surface area contributed by atoms with Gasteiger partial charge in [-0.05, 0) is 60.9 Å². The van der Waals surface area contributed by atoms with Gasteiger partial charge in [0, 0.05) is 23.1 Å². The number of carbonyl (C=O) groups excluding carboxylic acids is 2. The first kappa shape index (κ1) is 31.3. The number of nitrogens with zero attached hydrogens (tertiary/aromatic N) is 2. The van der Waals surface area contributed by atoms with E-state index >= 15 is 0 Å². The van der Waals surface area contributed by atoms with Crippen LogP contribution in [0.25, 0.3) is 0 Å². The Labute approximate surface area is 245 Å². The van der Waals surface area contributed by atoms with Crippen molar-refractivity contribution in [3.8, 4) is 5.75 Å². The van der Waals surface area contributed by atoms with Gasteiger partial charge in [-0.1, -0.05) is 67.4 Å². The Morgan fingerprint density at radius 3 is 2.17 bits per heavy atom. The van der Waals surface area contributed by atoms with Crippen molar-refractivity contribution >= 4 is 50.7 Å². The highest BCUT2D eigenvalue weighted by Crippen LogP contribution is 2.30. The van der Waals surface area contributed by atoms with Crippen LogP contribution in [0.15, 0.2) is 77.7 Å². The van der Waals surface area contributed by atoms with E-state index in [1.165, 1.54) is 42.3 Å². The third-order valence-corrected chi connectivity index (χ3v) is 8.31. The first-order valence-corrected chi connectivity index (χ1v) is 14.9. The zero-order valence-electron chi connectivity index (χ0n) is 22.8. The van der Waals surface area contributed by atoms with Crippen LogP contribution in [-0.2, 0) is 26.2 Å². The standard InChI is InChI=1S/C29H33Cl2N3O5S/c1-20(2)17-32-29(36)21(3)33(18-22-9-8-10-26(13-22)39-4)28(35)19-34(25-15-23(30)14-24(31)16-25)40(37,38)27-11-6-5-7-12-27/h5-16,20-21H,17-19H2,1-4H3,(H,32,36)/t21-/m1/s1. The van der Waals surface area contributed by atoms with Gasteiger partial charge in [-0.15, -0.1) is 0 Å². The molecule has 0 aliphatic rings. The van der Waals surface area contributed by atoms with Crippen LogP contribution in [-0.4, -0.2) is 51.4 Å². The molecule has 3 rings (SSSR count). The normalized spacial score (nSPS) is 12.1. The number of sulfonamides is 1. The number of hydrogen-bond acceptors (Lipinski definition) is 5. The summed E-state index contributed by atoms with van der Waals surface area (Å²) >= 11 is 12.4. The lowest BCUT2D eigenvalue weighted by molar-refractivity contribution is -0.139. The highest BCUT2D eigenvalue weighted by molar-refractivity contribution is 7.92. The Kier molecular flexibility index (Phi) is 10.8. The van der Waals surface area contributed by atoms with Crippen LogP contribution in [0.1, 0.15) is 26.3 Å². The van der Waals surface area contributed by atoms with Crippen LogP contribution in [0.4, 0.5) is 5.69 Å². The number of halogens is 2. The average Bonchev–Trinajstić information content (AvgIpc) is 2.92. The Morgan fingerprint density at radius 2 is 1.57 bits per heavy atom. The molecule has 0 heterocycles. The predicted molar refractivity (Wildman–Crippen MR) is 158 cm³/mol. The van der Waals surface area contributed by atoms with Crippen LogP contribution >= 0.6 is 23.2 Å². The second-order valence-corrected chi connectivity index (χ2v) is 12.4. The summed E-state index contributed by atoms with van der Waals surface area (Å²) in [5.41, 5.74) is 0.826. The lowest BCUT2D eigenvalue weighted by Crippen LogP contribution is -2.51. The molecule has 214 valence electrons. The van der Waals surface area contributed by atoms with Gasteiger partial charge < -0.3 is 15.0 Å². The van der Waals surface area contributed by atoms with Crippen molar-refractivity contribution in [3.05, 3.63) is 88.4 Å². The zero-order chi connectivity index (χ0) is 29.4. The second kappa shape index (κ2) is 13.9. The van der Waals surface area contributed by atoms with E-state index < -0.39 is 28.5 Å². The molecule has 0 bridgehead atoms. The molecule has 0 unspecified atom stereocenters. The monoisotopic (exact) mass is 605 g/mol. The fourth-order valence-corrected chi connectivity index (χ4v) is 5.87. The van der Waals surface area contributed by atoms with Crippen molar-refractivity contribution in [1.29, 1.82) is 0 Å². The fourth-order valence-electron chi connectivity index (χ4n) is 3.93. The van der Waals surface area contributed by atoms with E-state index in [1.807, 2.05) is 13.8 Å². The molecule has 0 saturated heterocycles. The van der Waals surface area contributed by atoms with Gasteiger partial charge >= 0.3 is 0 Å². The quantitative estimate of drug-likeness (QED) is 0.299. The number of nitrogens with one attached hydrogen (secondary N) is 1. The summed E-state index contributed by atoms with van der Waals surface area (Å²) < 4.78 is 33.9. The highest BCUT2D eigenvalue weighted by atomic mass is 35.5. The lowest BCUT2D eigenvalue weighted by Gasteiger charge is -2.32. The SMILES string of the molecule is COc1cccc(CN(C(=O)CN(c2cc(Cl)cc(Cl)c2)S(=O)(=O)c2ccccc2)[C@H](C)C(=O)NCC(C)C)c1. The summed E-state index contributed by atoms with van der Waals surface area (Å²) in [5.74, 6) is -0.153. The summed E-state index contributed by atoms with van der Waals surface area (Å²) in [6.45, 7) is 5.42. The van der Waals surface area contributed by atoms with Gasteiger partial charge in [0.1, 0.15) is 18.3 Å². The van der Waals surface area contributed by atoms with Gasteiger partial charge in [0.05, 0.1) is 17.7 Å². The Hall–Kier alpha value is -3.27. The molecule has 0 aliphatic carbocycles. The molecule has 0 radical (unpaired) electrons. The molecular formula is C29H33Cl2N3O5S. The van der Waals surface area contributed by atoms with Crippen LogP contribution in [0, 0.1) is 5.92 Å². The minimum absolute atomic E-state index is 0.0130. The van der Waals surface area contributed by atoms with Crippen molar-refractivity contribution in [2.45, 2.75) is 38.3 Å². The molecular weight excluding hydrogens is 573 g/mol. The van der Waals surface area contributed by atoms with E-state index in [2.05, 4.69) is 5.32 Å². The summed E-state index contributed by atoms with van der Waals surface area (Å²) in [6, 6.07) is 18.3. The molecule has 0 saturated carbocycles. The molecule has 3 aromatic carbocycles. The Bertz CT molecular complexity index is 1410. The predicted octanol–water partition coefficient (Wildman–Crippen LogP) is 5.39. The number of rotatable bonds is 12. The number of methoxy groups -OCH3 is 1. The summed E-state index contributed by atoms with van der Waals surface area (Å²) in [5, 5.41) is 3.27. The Morgan fingerprint density at radius 1 is 0.925 bits per heavy atom. The second-order valence-electron chi connectivity index (χ2n) is 9.64. The molecule has 0 fully saturated rings. The highest BCUT2D eigenvalue weighted by Gasteiger charge is 2.32. The summed E-state index contributed by atoms with van der Waals surface area (Å²) in [4.78, 5) is 28.4. The number of carbonyl (C=O) groups is 2. The summed E-state index contributed by atoms with van der Waals surface area (Å²) in [7, 11) is -2.68. The minimum atomic E-state index is -4.22. The topological polar surface area (TPSA) is 96.0 Å². The van der Waals surface area contributed by atoms with Crippen molar-refractivity contribution in [3.63, 3.8) is 0 Å². The average molecular weight is 607 g/mol. The van der Waals surface area contributed by atoms with Gasteiger partial charge in [-0.25, -0.2) is 8.42 Å². The van der Waals surface area contributed by atoms with Gasteiger partial charge in [0.15, 0.2) is 0 Å². The van der Waals surface area contributed by atoms with E-state index in [-0.39, 0.29) is 39.0 Å². The first-order valence-electron chi connectivity index (χ1n) is 12.7. The molecule has 1 N–H and O–H groups in total. The fraction of sp³-hybridized carbons (Fsp3) is 0.310. The minimum Gasteiger partial charge on any atom is -0.497 e. The van der Waals surface area contributed by atoms with Crippen molar-refractivity contribution in [2.24, 2.45) is 5.92 Å². The van der Waals surface area contributed by atoms with Crippen LogP contribution in [0.5, 0.6) is 5.75 Å². The van der Waals surface area contributed by atoms with Crippen LogP contribution in [0.3, 0.4) is 0 Å². The molecule has 0 spiro atoms. The molecule has 0 aromatic heterocycles. The Balaban J connectivity index is 2.04. The van der Waals surface area contributed by atoms with E-state index in [0.29, 0.717) is 17.9 Å². The first-order chi connectivity index (χ1) is 18.9. The summed E-state index contributed by atoms with van der Waals surface area (Å²) in [6.07, 6.45) is 0. The van der Waals surface area contributed by atoms with Crippen LogP contribution in [0.2, 0.25) is 10.0 Å². The molecule has 3 aromatic rings. The molecule has 0 aliphatic heterocycles. The molecule has 1 atom stereocenters. The molecule has 2 amide bonds. The van der Waals surface area contributed by atoms with Crippen molar-refractivity contribution < 1.29 is 22.7 Å². The maximum absolute atomic E-state index is 14.0. The molecule has 40 heavy (non-hydrogen) atoms. The smallest absolute Gasteiger partial charge is 0.264 e. The van der Waals surface area contributed by atoms with Gasteiger partial charge in [-0.3, -0.25) is 13.9 Å².